The summed E-state index contributed by atoms with van der Waals surface area (Å²) >= 11 is 0. The van der Waals surface area contributed by atoms with Gasteiger partial charge in [0, 0.05) is 5.69 Å². The number of hydrogen-bond donors (Lipinski definition) is 0. The van der Waals surface area contributed by atoms with E-state index < -0.39 is 0 Å². The lowest BCUT2D eigenvalue weighted by Crippen LogP contribution is -2.39. The number of ether oxygens (including phenoxy) is 2. The van der Waals surface area contributed by atoms with Gasteiger partial charge < -0.3 is 14.4 Å². The molecule has 0 aliphatic rings. The topological polar surface area (TPSA) is 55.8 Å². The third kappa shape index (κ3) is 8.92. The molecule has 0 spiro atoms. The fourth-order valence-electron chi connectivity index (χ4n) is 3.37. The molecule has 1 aromatic carbocycles. The summed E-state index contributed by atoms with van der Waals surface area (Å²) in [7, 11) is 0. The molecule has 0 bridgehead atoms. The van der Waals surface area contributed by atoms with Gasteiger partial charge in [0.05, 0.1) is 13.2 Å². The van der Waals surface area contributed by atoms with Gasteiger partial charge in [-0.3, -0.25) is 9.59 Å². The van der Waals surface area contributed by atoms with Crippen molar-refractivity contribution in [3.8, 4) is 0 Å². The Balaban J connectivity index is 3.38. The molecule has 176 valence electrons. The van der Waals surface area contributed by atoms with Crippen molar-refractivity contribution in [2.75, 3.05) is 31.2 Å². The van der Waals surface area contributed by atoms with Crippen LogP contribution in [-0.4, -0.2) is 38.2 Å². The van der Waals surface area contributed by atoms with E-state index in [1.165, 1.54) is 0 Å². The lowest BCUT2D eigenvalue weighted by Gasteiger charge is -2.35. The van der Waals surface area contributed by atoms with E-state index in [-0.39, 0.29) is 35.9 Å². The number of unbranched alkanes of at least 4 members (excludes halogenated alkanes) is 2. The Hall–Kier alpha value is -2.04. The Labute approximate surface area is 189 Å². The Bertz CT molecular complexity index is 657. The van der Waals surface area contributed by atoms with Crippen molar-refractivity contribution in [3.05, 3.63) is 29.3 Å². The molecule has 0 heterocycles. The number of carbonyl (C=O) groups is 2. The highest BCUT2D eigenvalue weighted by Gasteiger charge is 2.30. The number of para-hydroxylation sites is 1. The lowest BCUT2D eigenvalue weighted by atomic mass is 9.78. The molecule has 31 heavy (non-hydrogen) atoms. The predicted molar refractivity (Wildman–Crippen MR) is 128 cm³/mol. The molecule has 1 aromatic rings. The van der Waals surface area contributed by atoms with Gasteiger partial charge in [-0.1, -0.05) is 86.4 Å². The Morgan fingerprint density at radius 3 is 1.48 bits per heavy atom. The smallest absolute Gasteiger partial charge is 0.325 e. The number of esters is 2. The van der Waals surface area contributed by atoms with E-state index in [2.05, 4.69) is 73.6 Å². The fourth-order valence-corrected chi connectivity index (χ4v) is 3.37. The van der Waals surface area contributed by atoms with Crippen LogP contribution in [0.5, 0.6) is 0 Å². The van der Waals surface area contributed by atoms with Crippen LogP contribution in [0, 0.1) is 0 Å². The van der Waals surface area contributed by atoms with Crippen LogP contribution in [0.4, 0.5) is 5.69 Å². The maximum absolute atomic E-state index is 12.6. The highest BCUT2D eigenvalue weighted by molar-refractivity contribution is 5.83. The van der Waals surface area contributed by atoms with Gasteiger partial charge in [0.25, 0.3) is 0 Å². The number of rotatable bonds is 11. The molecule has 0 aromatic heterocycles. The Morgan fingerprint density at radius 2 is 1.16 bits per heavy atom. The average molecular weight is 434 g/mol. The van der Waals surface area contributed by atoms with Gasteiger partial charge in [0.2, 0.25) is 0 Å². The van der Waals surface area contributed by atoms with E-state index >= 15 is 0 Å². The van der Waals surface area contributed by atoms with Gasteiger partial charge in [-0.25, -0.2) is 0 Å². The molecule has 5 nitrogen and oxygen atoms in total. The second-order valence-corrected chi connectivity index (χ2v) is 10.2. The first-order valence-corrected chi connectivity index (χ1v) is 11.6. The van der Waals surface area contributed by atoms with E-state index in [0.717, 1.165) is 42.5 Å². The van der Waals surface area contributed by atoms with Crippen molar-refractivity contribution >= 4 is 17.6 Å². The van der Waals surface area contributed by atoms with Crippen molar-refractivity contribution in [1.29, 1.82) is 0 Å². The van der Waals surface area contributed by atoms with Crippen LogP contribution in [-0.2, 0) is 29.9 Å². The first kappa shape index (κ1) is 27.0. The zero-order valence-electron chi connectivity index (χ0n) is 21.0. The number of nitrogens with zero attached hydrogens (tertiary/aromatic N) is 1. The fraction of sp³-hybridized carbons (Fsp3) is 0.692. The van der Waals surface area contributed by atoms with Crippen LogP contribution in [0.3, 0.4) is 0 Å². The summed E-state index contributed by atoms with van der Waals surface area (Å²) in [5.41, 5.74) is 2.81. The summed E-state index contributed by atoms with van der Waals surface area (Å²) in [4.78, 5) is 27.1. The van der Waals surface area contributed by atoms with Crippen molar-refractivity contribution in [1.82, 2.24) is 0 Å². The Morgan fingerprint density at radius 1 is 0.774 bits per heavy atom. The van der Waals surface area contributed by atoms with Gasteiger partial charge in [-0.05, 0) is 34.8 Å². The summed E-state index contributed by atoms with van der Waals surface area (Å²) in [5, 5.41) is 0. The lowest BCUT2D eigenvalue weighted by molar-refractivity contribution is -0.143. The van der Waals surface area contributed by atoms with Gasteiger partial charge in [0.1, 0.15) is 13.1 Å². The van der Waals surface area contributed by atoms with Crippen molar-refractivity contribution < 1.29 is 19.1 Å². The molecule has 0 fully saturated rings. The predicted octanol–water partition coefficient (Wildman–Crippen LogP) is 5.77. The molecule has 0 unspecified atom stereocenters. The quantitative estimate of drug-likeness (QED) is 0.327. The molecule has 0 atom stereocenters. The van der Waals surface area contributed by atoms with Crippen LogP contribution in [0.15, 0.2) is 18.2 Å². The van der Waals surface area contributed by atoms with Crippen molar-refractivity contribution in [3.63, 3.8) is 0 Å². The average Bonchev–Trinajstić information content (AvgIpc) is 2.66. The minimum Gasteiger partial charge on any atom is -0.464 e. The molecule has 1 rings (SSSR count). The normalized spacial score (nSPS) is 11.9. The number of anilines is 1. The second-order valence-electron chi connectivity index (χ2n) is 10.2. The van der Waals surface area contributed by atoms with Gasteiger partial charge in [-0.2, -0.15) is 0 Å². The van der Waals surface area contributed by atoms with Crippen molar-refractivity contribution in [2.24, 2.45) is 0 Å². The van der Waals surface area contributed by atoms with Gasteiger partial charge in [0.15, 0.2) is 0 Å². The summed E-state index contributed by atoms with van der Waals surface area (Å²) < 4.78 is 10.9. The Kier molecular flexibility index (Phi) is 10.5. The molecular formula is C26H43NO4. The number of benzene rings is 1. The monoisotopic (exact) mass is 433 g/mol. The molecule has 0 saturated carbocycles. The third-order valence-corrected chi connectivity index (χ3v) is 5.13. The minimum absolute atomic E-state index is 0.0166. The second kappa shape index (κ2) is 12.1. The first-order valence-electron chi connectivity index (χ1n) is 11.6. The molecule has 0 aliphatic carbocycles. The SMILES string of the molecule is CCCCOC(=O)CN(CC(=O)OCCCC)c1c(C(C)(C)C)cccc1C(C)(C)C. The summed E-state index contributed by atoms with van der Waals surface area (Å²) in [6.07, 6.45) is 3.58. The largest absolute Gasteiger partial charge is 0.464 e. The molecule has 0 radical (unpaired) electrons. The van der Waals surface area contributed by atoms with E-state index in [1.807, 2.05) is 4.90 Å². The maximum Gasteiger partial charge on any atom is 0.325 e. The van der Waals surface area contributed by atoms with Crippen LogP contribution >= 0.6 is 0 Å². The van der Waals surface area contributed by atoms with Crippen LogP contribution < -0.4 is 4.90 Å². The molecule has 0 saturated heterocycles. The van der Waals surface area contributed by atoms with Crippen LogP contribution in [0.25, 0.3) is 0 Å². The first-order chi connectivity index (χ1) is 14.4. The number of carbonyl (C=O) groups excluding carboxylic acids is 2. The molecule has 0 N–H and O–H groups in total. The standard InChI is InChI=1S/C26H43NO4/c1-9-11-16-30-22(28)18-27(19-23(29)31-17-12-10-2)24-20(25(3,4)5)14-13-15-21(24)26(6,7)8/h13-15H,9-12,16-19H2,1-8H3. The van der Waals surface area contributed by atoms with E-state index in [1.54, 1.807) is 0 Å². The zero-order chi connectivity index (χ0) is 23.7. The number of hydrogen-bond acceptors (Lipinski definition) is 5. The molecule has 0 amide bonds. The van der Waals surface area contributed by atoms with E-state index in [4.69, 9.17) is 9.47 Å². The van der Waals surface area contributed by atoms with Crippen LogP contribution in [0.2, 0.25) is 0 Å². The van der Waals surface area contributed by atoms with Gasteiger partial charge >= 0.3 is 11.9 Å². The minimum atomic E-state index is -0.321. The third-order valence-electron chi connectivity index (χ3n) is 5.13. The van der Waals surface area contributed by atoms with E-state index in [0.29, 0.717) is 13.2 Å². The molecule has 5 heteroatoms. The van der Waals surface area contributed by atoms with Crippen LogP contribution in [0.1, 0.15) is 92.2 Å². The summed E-state index contributed by atoms with van der Waals surface area (Å²) in [5.74, 6) is -0.642. The highest BCUT2D eigenvalue weighted by atomic mass is 16.5. The highest BCUT2D eigenvalue weighted by Crippen LogP contribution is 2.40. The summed E-state index contributed by atoms with van der Waals surface area (Å²) in [6, 6.07) is 6.23. The summed E-state index contributed by atoms with van der Waals surface area (Å²) in [6.45, 7) is 17.8. The zero-order valence-corrected chi connectivity index (χ0v) is 21.0. The van der Waals surface area contributed by atoms with Gasteiger partial charge in [-0.15, -0.1) is 0 Å². The molecular weight excluding hydrogens is 390 g/mol. The molecule has 0 aliphatic heterocycles. The maximum atomic E-state index is 12.6. The van der Waals surface area contributed by atoms with E-state index in [9.17, 15) is 9.59 Å². The van der Waals surface area contributed by atoms with Crippen molar-refractivity contribution in [2.45, 2.75) is 91.9 Å².